The molecule has 2 aromatic heterocycles. The number of pyridine rings is 1. The van der Waals surface area contributed by atoms with Crippen molar-refractivity contribution >= 4 is 50.6 Å². The number of nitrogens with zero attached hydrogens (tertiary/aromatic N) is 2. The Kier molecular flexibility index (Phi) is 5.35. The summed E-state index contributed by atoms with van der Waals surface area (Å²) in [6, 6.07) is 18.2. The third-order valence-electron chi connectivity index (χ3n) is 6.41. The molecular formula is C26H23N5O3S. The van der Waals surface area contributed by atoms with Crippen molar-refractivity contribution in [2.24, 2.45) is 5.73 Å². The van der Waals surface area contributed by atoms with Gasteiger partial charge >= 0.3 is 6.03 Å². The average molecular weight is 486 g/mol. The number of urea groups is 1. The number of hydrogen-bond donors (Lipinski definition) is 3. The first-order valence-electron chi connectivity index (χ1n) is 11.5. The lowest BCUT2D eigenvalue weighted by Crippen LogP contribution is -2.44. The number of aromatic nitrogens is 1. The van der Waals surface area contributed by atoms with Crippen molar-refractivity contribution < 1.29 is 14.3 Å². The zero-order chi connectivity index (χ0) is 23.9. The van der Waals surface area contributed by atoms with Gasteiger partial charge in [-0.3, -0.25) is 9.69 Å². The quantitative estimate of drug-likeness (QED) is 0.352. The van der Waals surface area contributed by atoms with Crippen LogP contribution in [0.15, 0.2) is 66.9 Å². The predicted molar refractivity (Wildman–Crippen MR) is 137 cm³/mol. The van der Waals surface area contributed by atoms with E-state index in [4.69, 9.17) is 10.5 Å². The molecule has 0 saturated heterocycles. The summed E-state index contributed by atoms with van der Waals surface area (Å²) < 4.78 is 5.87. The van der Waals surface area contributed by atoms with Crippen LogP contribution in [0.4, 0.5) is 21.9 Å². The van der Waals surface area contributed by atoms with Gasteiger partial charge in [-0.05, 0) is 61.7 Å². The third kappa shape index (κ3) is 3.88. The molecule has 1 aliphatic carbocycles. The van der Waals surface area contributed by atoms with Crippen molar-refractivity contribution in [1.82, 2.24) is 10.3 Å². The van der Waals surface area contributed by atoms with E-state index in [1.165, 1.54) is 11.3 Å². The van der Waals surface area contributed by atoms with E-state index in [1.54, 1.807) is 17.2 Å². The highest BCUT2D eigenvalue weighted by Crippen LogP contribution is 2.46. The van der Waals surface area contributed by atoms with Crippen LogP contribution in [0.3, 0.4) is 0 Å². The molecule has 1 aliphatic heterocycles. The molecule has 8 nitrogen and oxygen atoms in total. The number of rotatable bonds is 5. The lowest BCUT2D eigenvalue weighted by atomic mass is 10.1. The Morgan fingerprint density at radius 3 is 2.60 bits per heavy atom. The normalized spacial score (nSPS) is 19.0. The molecule has 1 fully saturated rings. The molecule has 0 spiro atoms. The van der Waals surface area contributed by atoms with Gasteiger partial charge in [0.05, 0.1) is 22.4 Å². The van der Waals surface area contributed by atoms with Gasteiger partial charge in [0.15, 0.2) is 0 Å². The standard InChI is InChI=1S/C26H23N5O3S/c27-18-7-4-8-19(18)29-24(32)23-22-21-20(13-14-28-25(21)35-23)31(26(33)30-22)15-9-11-17(12-10-15)34-16-5-2-1-3-6-16/h1-3,5-6,9-14,18-19H,4,7-8,27H2,(H,29,32)(H,30,33)/t18-,19?/m0/s1. The number of nitrogens with one attached hydrogen (secondary N) is 2. The first-order chi connectivity index (χ1) is 17.1. The van der Waals surface area contributed by atoms with E-state index in [1.807, 2.05) is 54.6 Å². The molecular weight excluding hydrogens is 462 g/mol. The van der Waals surface area contributed by atoms with Crippen LogP contribution in [-0.4, -0.2) is 29.0 Å². The molecule has 2 aliphatic rings. The maximum absolute atomic E-state index is 13.3. The van der Waals surface area contributed by atoms with Gasteiger partial charge < -0.3 is 21.1 Å². The average Bonchev–Trinajstić information content (AvgIpc) is 3.44. The summed E-state index contributed by atoms with van der Waals surface area (Å²) in [5.74, 6) is 1.17. The van der Waals surface area contributed by atoms with Crippen LogP contribution in [0.1, 0.15) is 28.9 Å². The van der Waals surface area contributed by atoms with E-state index in [2.05, 4.69) is 15.6 Å². The summed E-state index contributed by atoms with van der Waals surface area (Å²) in [7, 11) is 0. The van der Waals surface area contributed by atoms with Crippen LogP contribution in [0.5, 0.6) is 11.5 Å². The van der Waals surface area contributed by atoms with Gasteiger partial charge in [-0.2, -0.15) is 0 Å². The van der Waals surface area contributed by atoms with Crippen LogP contribution in [-0.2, 0) is 0 Å². The second kappa shape index (κ2) is 8.68. The van der Waals surface area contributed by atoms with Crippen molar-refractivity contribution in [3.63, 3.8) is 0 Å². The molecule has 4 aromatic rings. The maximum atomic E-state index is 13.3. The van der Waals surface area contributed by atoms with Crippen molar-refractivity contribution in [2.45, 2.75) is 31.3 Å². The lowest BCUT2D eigenvalue weighted by Gasteiger charge is -2.28. The van der Waals surface area contributed by atoms with Gasteiger partial charge in [0.25, 0.3) is 5.91 Å². The van der Waals surface area contributed by atoms with Crippen LogP contribution in [0.25, 0.3) is 10.2 Å². The van der Waals surface area contributed by atoms with Crippen molar-refractivity contribution in [3.8, 4) is 11.5 Å². The molecule has 1 saturated carbocycles. The molecule has 35 heavy (non-hydrogen) atoms. The molecule has 9 heteroatoms. The molecule has 1 unspecified atom stereocenters. The monoisotopic (exact) mass is 485 g/mol. The number of hydrogen-bond acceptors (Lipinski definition) is 6. The number of ether oxygens (including phenoxy) is 1. The van der Waals surface area contributed by atoms with Crippen LogP contribution in [0, 0.1) is 0 Å². The van der Waals surface area contributed by atoms with E-state index in [9.17, 15) is 9.59 Å². The maximum Gasteiger partial charge on any atom is 0.331 e. The SMILES string of the molecule is N[C@H]1CCCC1NC(=O)c1sc2nccc3c2c1NC(=O)N3c1ccc(Oc2ccccc2)cc1. The highest BCUT2D eigenvalue weighted by atomic mass is 32.1. The van der Waals surface area contributed by atoms with Crippen molar-refractivity contribution in [3.05, 3.63) is 71.7 Å². The Balaban J connectivity index is 1.32. The largest absolute Gasteiger partial charge is 0.457 e. The van der Waals surface area contributed by atoms with E-state index in [-0.39, 0.29) is 24.0 Å². The summed E-state index contributed by atoms with van der Waals surface area (Å²) in [5, 5.41) is 6.73. The number of anilines is 3. The fourth-order valence-corrected chi connectivity index (χ4v) is 5.71. The zero-order valence-corrected chi connectivity index (χ0v) is 19.5. The molecule has 176 valence electrons. The van der Waals surface area contributed by atoms with Crippen LogP contribution in [0.2, 0.25) is 0 Å². The highest BCUT2D eigenvalue weighted by molar-refractivity contribution is 7.21. The molecule has 3 amide bonds. The minimum Gasteiger partial charge on any atom is -0.457 e. The van der Waals surface area contributed by atoms with Gasteiger partial charge in [-0.25, -0.2) is 9.78 Å². The lowest BCUT2D eigenvalue weighted by molar-refractivity contribution is 0.0939. The van der Waals surface area contributed by atoms with Gasteiger partial charge in [-0.1, -0.05) is 18.2 Å². The van der Waals surface area contributed by atoms with Crippen LogP contribution < -0.4 is 26.0 Å². The summed E-state index contributed by atoms with van der Waals surface area (Å²) in [4.78, 5) is 33.6. The van der Waals surface area contributed by atoms with Gasteiger partial charge in [0, 0.05) is 18.3 Å². The number of nitrogens with two attached hydrogens (primary N) is 1. The van der Waals surface area contributed by atoms with Crippen molar-refractivity contribution in [1.29, 1.82) is 0 Å². The highest BCUT2D eigenvalue weighted by Gasteiger charge is 2.34. The van der Waals surface area contributed by atoms with E-state index in [0.29, 0.717) is 32.5 Å². The number of amides is 3. The smallest absolute Gasteiger partial charge is 0.331 e. The third-order valence-corrected chi connectivity index (χ3v) is 7.51. The number of carbonyl (C=O) groups excluding carboxylic acids is 2. The topological polar surface area (TPSA) is 110 Å². The Morgan fingerprint density at radius 2 is 1.86 bits per heavy atom. The summed E-state index contributed by atoms with van der Waals surface area (Å²) >= 11 is 1.27. The summed E-state index contributed by atoms with van der Waals surface area (Å²) in [6.45, 7) is 0. The van der Waals surface area contributed by atoms with Gasteiger partial charge in [-0.15, -0.1) is 11.3 Å². The van der Waals surface area contributed by atoms with E-state index in [0.717, 1.165) is 30.4 Å². The molecule has 2 atom stereocenters. The summed E-state index contributed by atoms with van der Waals surface area (Å²) in [5.41, 5.74) is 7.99. The second-order valence-electron chi connectivity index (χ2n) is 8.67. The number of thiophene rings is 1. The van der Waals surface area contributed by atoms with E-state index < -0.39 is 0 Å². The van der Waals surface area contributed by atoms with Crippen LogP contribution >= 0.6 is 11.3 Å². The molecule has 0 radical (unpaired) electrons. The minimum absolute atomic E-state index is 0.0442. The Bertz CT molecular complexity index is 1420. The first-order valence-corrected chi connectivity index (χ1v) is 12.3. The molecule has 6 rings (SSSR count). The predicted octanol–water partition coefficient (Wildman–Crippen LogP) is 5.38. The fraction of sp³-hybridized carbons (Fsp3) is 0.192. The van der Waals surface area contributed by atoms with E-state index >= 15 is 0 Å². The second-order valence-corrected chi connectivity index (χ2v) is 9.66. The molecule has 4 N–H and O–H groups in total. The van der Waals surface area contributed by atoms with Gasteiger partial charge in [0.2, 0.25) is 0 Å². The summed E-state index contributed by atoms with van der Waals surface area (Å²) in [6.07, 6.45) is 4.42. The minimum atomic E-state index is -0.341. The zero-order valence-electron chi connectivity index (χ0n) is 18.7. The molecule has 3 heterocycles. The van der Waals surface area contributed by atoms with Crippen molar-refractivity contribution in [2.75, 3.05) is 10.2 Å². The molecule has 0 bridgehead atoms. The number of carbonyl (C=O) groups is 2. The van der Waals surface area contributed by atoms with Gasteiger partial charge in [0.1, 0.15) is 21.2 Å². The Labute approximate surface area is 205 Å². The first kappa shape index (κ1) is 21.6. The molecule has 2 aromatic carbocycles. The number of para-hydroxylation sites is 1. The Hall–Kier alpha value is -3.95. The number of benzene rings is 2. The fourth-order valence-electron chi connectivity index (χ4n) is 4.69. The Morgan fingerprint density at radius 1 is 1.09 bits per heavy atom.